The van der Waals surface area contributed by atoms with Crippen molar-refractivity contribution >= 4 is 11.8 Å². The normalized spacial score (nSPS) is 12.5. The zero-order valence-electron chi connectivity index (χ0n) is 6.68. The van der Waals surface area contributed by atoms with Gasteiger partial charge in [-0.3, -0.25) is 0 Å². The van der Waals surface area contributed by atoms with Gasteiger partial charge in [0.05, 0.1) is 0 Å². The van der Waals surface area contributed by atoms with E-state index >= 15 is 0 Å². The lowest BCUT2D eigenvalue weighted by Gasteiger charge is -2.08. The summed E-state index contributed by atoms with van der Waals surface area (Å²) in [6.45, 7) is 3.17. The average Bonchev–Trinajstić information content (AvgIpc) is 1.89. The highest BCUT2D eigenvalue weighted by Crippen LogP contribution is 1.91. The Morgan fingerprint density at radius 2 is 2.40 bits per heavy atom. The lowest BCUT2D eigenvalue weighted by Crippen LogP contribution is -2.27. The van der Waals surface area contributed by atoms with Crippen molar-refractivity contribution in [3.8, 4) is 12.3 Å². The van der Waals surface area contributed by atoms with Crippen LogP contribution in [0, 0.1) is 12.3 Å². The fourth-order valence-electron chi connectivity index (χ4n) is 0.656. The second-order valence-electron chi connectivity index (χ2n) is 2.26. The van der Waals surface area contributed by atoms with Gasteiger partial charge in [0.15, 0.2) is 0 Å². The summed E-state index contributed by atoms with van der Waals surface area (Å²) in [6, 6.07) is 0.470. The lowest BCUT2D eigenvalue weighted by atomic mass is 10.2. The van der Waals surface area contributed by atoms with E-state index in [4.69, 9.17) is 6.42 Å². The Balaban J connectivity index is 3.06. The maximum atomic E-state index is 5.14. The van der Waals surface area contributed by atoms with Gasteiger partial charge in [-0.25, -0.2) is 0 Å². The van der Waals surface area contributed by atoms with E-state index in [-0.39, 0.29) is 0 Å². The van der Waals surface area contributed by atoms with Gasteiger partial charge in [0.1, 0.15) is 0 Å². The summed E-state index contributed by atoms with van der Waals surface area (Å²) < 4.78 is 0. The second kappa shape index (κ2) is 6.98. The molecule has 0 rings (SSSR count). The number of nitrogens with one attached hydrogen (secondary N) is 1. The monoisotopic (exact) mass is 157 g/mol. The molecule has 58 valence electrons. The standard InChI is InChI=1S/C8H15NS/c1-4-5-8(2)9-6-7-10-3/h1,8-9H,5-7H2,2-3H3. The highest BCUT2D eigenvalue weighted by molar-refractivity contribution is 7.98. The predicted octanol–water partition coefficient (Wildman–Crippen LogP) is 1.35. The third kappa shape index (κ3) is 6.00. The molecule has 1 nitrogen and oxygen atoms in total. The van der Waals surface area contributed by atoms with Crippen LogP contribution < -0.4 is 5.32 Å². The first-order valence-corrected chi connectivity index (χ1v) is 4.86. The Morgan fingerprint density at radius 3 is 2.90 bits per heavy atom. The summed E-state index contributed by atoms with van der Waals surface area (Å²) in [5.74, 6) is 3.79. The van der Waals surface area contributed by atoms with E-state index < -0.39 is 0 Å². The van der Waals surface area contributed by atoms with Crippen LogP contribution in [0.5, 0.6) is 0 Å². The molecule has 0 fully saturated rings. The van der Waals surface area contributed by atoms with Gasteiger partial charge in [-0.15, -0.1) is 12.3 Å². The minimum atomic E-state index is 0.470. The Hall–Kier alpha value is -0.130. The van der Waals surface area contributed by atoms with Crippen LogP contribution in [0.3, 0.4) is 0 Å². The van der Waals surface area contributed by atoms with E-state index in [0.29, 0.717) is 6.04 Å². The van der Waals surface area contributed by atoms with E-state index in [0.717, 1.165) is 18.7 Å². The summed E-state index contributed by atoms with van der Waals surface area (Å²) in [4.78, 5) is 0. The molecule has 0 radical (unpaired) electrons. The van der Waals surface area contributed by atoms with Crippen LogP contribution in [-0.2, 0) is 0 Å². The van der Waals surface area contributed by atoms with Crippen LogP contribution in [0.2, 0.25) is 0 Å². The zero-order chi connectivity index (χ0) is 7.82. The molecule has 0 aromatic carbocycles. The number of hydrogen-bond acceptors (Lipinski definition) is 2. The van der Waals surface area contributed by atoms with Crippen molar-refractivity contribution in [1.29, 1.82) is 0 Å². The van der Waals surface area contributed by atoms with Crippen LogP contribution in [0.25, 0.3) is 0 Å². The molecule has 0 amide bonds. The largest absolute Gasteiger partial charge is 0.312 e. The molecular formula is C8H15NS. The molecule has 0 saturated carbocycles. The molecular weight excluding hydrogens is 142 g/mol. The fraction of sp³-hybridized carbons (Fsp3) is 0.750. The molecule has 2 heteroatoms. The summed E-state index contributed by atoms with van der Waals surface area (Å²) >= 11 is 1.85. The van der Waals surface area contributed by atoms with Gasteiger partial charge in [0.2, 0.25) is 0 Å². The molecule has 0 bridgehead atoms. The van der Waals surface area contributed by atoms with Gasteiger partial charge in [-0.05, 0) is 13.2 Å². The molecule has 1 unspecified atom stereocenters. The Bertz CT molecular complexity index is 106. The third-order valence-electron chi connectivity index (χ3n) is 1.22. The van der Waals surface area contributed by atoms with Crippen LogP contribution in [0.15, 0.2) is 0 Å². The van der Waals surface area contributed by atoms with Crippen LogP contribution in [0.1, 0.15) is 13.3 Å². The van der Waals surface area contributed by atoms with Crippen LogP contribution >= 0.6 is 11.8 Å². The first-order chi connectivity index (χ1) is 4.81. The fourth-order valence-corrected chi connectivity index (χ4v) is 0.978. The van der Waals surface area contributed by atoms with Crippen molar-refractivity contribution in [3.63, 3.8) is 0 Å². The smallest absolute Gasteiger partial charge is 0.0238 e. The summed E-state index contributed by atoms with van der Waals surface area (Å²) in [6.07, 6.45) is 8.07. The number of rotatable bonds is 5. The molecule has 0 aliphatic carbocycles. The van der Waals surface area contributed by atoms with Crippen molar-refractivity contribution in [2.45, 2.75) is 19.4 Å². The molecule has 0 aromatic rings. The van der Waals surface area contributed by atoms with Crippen molar-refractivity contribution in [2.24, 2.45) is 0 Å². The quantitative estimate of drug-likeness (QED) is 0.477. The molecule has 0 saturated heterocycles. The van der Waals surface area contributed by atoms with E-state index in [2.05, 4.69) is 24.4 Å². The molecule has 0 aliphatic heterocycles. The third-order valence-corrected chi connectivity index (χ3v) is 1.84. The molecule has 0 spiro atoms. The van der Waals surface area contributed by atoms with E-state index in [1.54, 1.807) is 0 Å². The lowest BCUT2D eigenvalue weighted by molar-refractivity contribution is 0.583. The molecule has 0 heterocycles. The number of hydrogen-bond donors (Lipinski definition) is 1. The minimum Gasteiger partial charge on any atom is -0.312 e. The summed E-state index contributed by atoms with van der Waals surface area (Å²) in [5.41, 5.74) is 0. The van der Waals surface area contributed by atoms with Gasteiger partial charge >= 0.3 is 0 Å². The molecule has 1 atom stereocenters. The maximum absolute atomic E-state index is 5.14. The average molecular weight is 157 g/mol. The molecule has 1 N–H and O–H groups in total. The second-order valence-corrected chi connectivity index (χ2v) is 3.24. The first kappa shape index (κ1) is 9.87. The highest BCUT2D eigenvalue weighted by atomic mass is 32.2. The van der Waals surface area contributed by atoms with Gasteiger partial charge in [0.25, 0.3) is 0 Å². The van der Waals surface area contributed by atoms with E-state index in [1.807, 2.05) is 11.8 Å². The van der Waals surface area contributed by atoms with Gasteiger partial charge in [0, 0.05) is 24.8 Å². The molecule has 0 aliphatic rings. The van der Waals surface area contributed by atoms with Crippen molar-refractivity contribution < 1.29 is 0 Å². The first-order valence-electron chi connectivity index (χ1n) is 3.47. The Kier molecular flexibility index (Phi) is 6.89. The Morgan fingerprint density at radius 1 is 1.70 bits per heavy atom. The van der Waals surface area contributed by atoms with Crippen molar-refractivity contribution in [3.05, 3.63) is 0 Å². The van der Waals surface area contributed by atoms with Gasteiger partial charge in [-0.1, -0.05) is 0 Å². The van der Waals surface area contributed by atoms with E-state index in [9.17, 15) is 0 Å². The number of terminal acetylenes is 1. The van der Waals surface area contributed by atoms with Gasteiger partial charge < -0.3 is 5.32 Å². The molecule has 10 heavy (non-hydrogen) atoms. The van der Waals surface area contributed by atoms with Crippen molar-refractivity contribution in [2.75, 3.05) is 18.6 Å². The minimum absolute atomic E-state index is 0.470. The molecule has 0 aromatic heterocycles. The van der Waals surface area contributed by atoms with Crippen LogP contribution in [-0.4, -0.2) is 24.6 Å². The van der Waals surface area contributed by atoms with Crippen molar-refractivity contribution in [1.82, 2.24) is 5.32 Å². The maximum Gasteiger partial charge on any atom is 0.0238 e. The number of thioether (sulfide) groups is 1. The van der Waals surface area contributed by atoms with E-state index in [1.165, 1.54) is 0 Å². The predicted molar refractivity (Wildman–Crippen MR) is 49.3 cm³/mol. The van der Waals surface area contributed by atoms with Gasteiger partial charge in [-0.2, -0.15) is 11.8 Å². The zero-order valence-corrected chi connectivity index (χ0v) is 7.50. The summed E-state index contributed by atoms with van der Waals surface area (Å²) in [5, 5.41) is 3.32. The van der Waals surface area contributed by atoms with Crippen LogP contribution in [0.4, 0.5) is 0 Å². The topological polar surface area (TPSA) is 12.0 Å². The summed E-state index contributed by atoms with van der Waals surface area (Å²) in [7, 11) is 0. The highest BCUT2D eigenvalue weighted by Gasteiger charge is 1.95. The SMILES string of the molecule is C#CCC(C)NCCSC. The Labute approximate surface area is 68.0 Å².